The van der Waals surface area contributed by atoms with E-state index in [9.17, 15) is 9.18 Å². The summed E-state index contributed by atoms with van der Waals surface area (Å²) in [7, 11) is 1.08. The maximum atomic E-state index is 13.6. The van der Waals surface area contributed by atoms with E-state index in [0.29, 0.717) is 0 Å². The number of carbonyl (C=O) groups excluding carboxylic acids is 1. The third-order valence-corrected chi connectivity index (χ3v) is 2.55. The lowest BCUT2D eigenvalue weighted by molar-refractivity contribution is -0.149. The summed E-state index contributed by atoms with van der Waals surface area (Å²) in [6.45, 7) is 0. The molecule has 1 atom stereocenters. The summed E-state index contributed by atoms with van der Waals surface area (Å²) in [5.41, 5.74) is 0.0502. The zero-order valence-electron chi connectivity index (χ0n) is 7.26. The summed E-state index contributed by atoms with van der Waals surface area (Å²) in [6, 6.07) is 6.01. The fraction of sp³-hybridized carbons (Fsp3) is 0.222. The van der Waals surface area contributed by atoms with Crippen LogP contribution >= 0.6 is 27.5 Å². The van der Waals surface area contributed by atoms with Gasteiger partial charge in [-0.15, -0.1) is 0 Å². The largest absolute Gasteiger partial charge is 0.465 e. The zero-order valence-corrected chi connectivity index (χ0v) is 9.60. The average molecular weight is 282 g/mol. The third-order valence-electron chi connectivity index (χ3n) is 1.65. The van der Waals surface area contributed by atoms with E-state index in [1.54, 1.807) is 12.1 Å². The fourth-order valence-corrected chi connectivity index (χ4v) is 1.37. The van der Waals surface area contributed by atoms with Gasteiger partial charge in [0.15, 0.2) is 0 Å². The Morgan fingerprint density at radius 2 is 2.00 bits per heavy atom. The van der Waals surface area contributed by atoms with E-state index in [0.717, 1.165) is 11.6 Å². The Bertz CT molecular complexity index is 337. The van der Waals surface area contributed by atoms with Crippen molar-refractivity contribution in [3.63, 3.8) is 0 Å². The topological polar surface area (TPSA) is 26.3 Å². The summed E-state index contributed by atoms with van der Waals surface area (Å²) in [5, 5.41) is -2.62. The fourth-order valence-electron chi connectivity index (χ4n) is 0.905. The second-order valence-corrected chi connectivity index (χ2v) is 4.01. The lowest BCUT2D eigenvalue weighted by Crippen LogP contribution is -2.25. The Kier molecular flexibility index (Phi) is 3.50. The van der Waals surface area contributed by atoms with Gasteiger partial charge in [0.05, 0.1) is 7.11 Å². The highest BCUT2D eigenvalue weighted by atomic mass is 79.9. The molecule has 0 amide bonds. The first-order valence-corrected chi connectivity index (χ1v) is 4.88. The molecule has 5 heteroatoms. The van der Waals surface area contributed by atoms with Crippen molar-refractivity contribution in [2.24, 2.45) is 0 Å². The smallest absolute Gasteiger partial charge is 0.364 e. The van der Waals surface area contributed by atoms with Crippen LogP contribution in [0.5, 0.6) is 0 Å². The van der Waals surface area contributed by atoms with Crippen LogP contribution in [0.15, 0.2) is 28.7 Å². The van der Waals surface area contributed by atoms with Gasteiger partial charge in [-0.2, -0.15) is 0 Å². The molecule has 0 N–H and O–H groups in total. The van der Waals surface area contributed by atoms with Crippen LogP contribution in [0, 0.1) is 0 Å². The number of hydrogen-bond donors (Lipinski definition) is 0. The Morgan fingerprint density at radius 3 is 2.43 bits per heavy atom. The molecule has 0 saturated heterocycles. The van der Waals surface area contributed by atoms with Gasteiger partial charge in [-0.3, -0.25) is 0 Å². The van der Waals surface area contributed by atoms with Gasteiger partial charge in [-0.1, -0.05) is 39.7 Å². The van der Waals surface area contributed by atoms with Gasteiger partial charge in [0.1, 0.15) is 0 Å². The Morgan fingerprint density at radius 1 is 1.50 bits per heavy atom. The normalized spacial score (nSPS) is 14.6. The van der Waals surface area contributed by atoms with Crippen LogP contribution < -0.4 is 0 Å². The second kappa shape index (κ2) is 4.28. The highest BCUT2D eigenvalue weighted by Crippen LogP contribution is 2.32. The molecule has 0 aliphatic rings. The predicted molar refractivity (Wildman–Crippen MR) is 54.8 cm³/mol. The lowest BCUT2D eigenvalue weighted by Gasteiger charge is -2.14. The van der Waals surface area contributed by atoms with Crippen molar-refractivity contribution < 1.29 is 13.9 Å². The van der Waals surface area contributed by atoms with E-state index in [-0.39, 0.29) is 5.56 Å². The monoisotopic (exact) mass is 280 g/mol. The van der Waals surface area contributed by atoms with Gasteiger partial charge in [0.2, 0.25) is 0 Å². The average Bonchev–Trinajstić information content (AvgIpc) is 2.17. The van der Waals surface area contributed by atoms with Gasteiger partial charge in [0.25, 0.3) is 0 Å². The molecule has 0 radical (unpaired) electrons. The maximum Gasteiger partial charge on any atom is 0.364 e. The molecule has 2 nitrogen and oxygen atoms in total. The minimum absolute atomic E-state index is 0.0502. The van der Waals surface area contributed by atoms with Crippen LogP contribution in [0.2, 0.25) is 0 Å². The molecule has 76 valence electrons. The Hall–Kier alpha value is -0.610. The molecule has 0 fully saturated rings. The first-order chi connectivity index (χ1) is 6.48. The van der Waals surface area contributed by atoms with Gasteiger partial charge < -0.3 is 4.74 Å². The van der Waals surface area contributed by atoms with E-state index in [4.69, 9.17) is 11.6 Å². The van der Waals surface area contributed by atoms with Crippen LogP contribution in [0.4, 0.5) is 4.39 Å². The molecule has 1 aromatic rings. The summed E-state index contributed by atoms with van der Waals surface area (Å²) < 4.78 is 18.6. The van der Waals surface area contributed by atoms with Gasteiger partial charge in [-0.05, 0) is 12.1 Å². The number of hydrogen-bond acceptors (Lipinski definition) is 2. The van der Waals surface area contributed by atoms with E-state index in [1.807, 2.05) is 0 Å². The van der Waals surface area contributed by atoms with Crippen molar-refractivity contribution in [1.29, 1.82) is 0 Å². The van der Waals surface area contributed by atoms with E-state index >= 15 is 0 Å². The summed E-state index contributed by atoms with van der Waals surface area (Å²) >= 11 is 8.59. The van der Waals surface area contributed by atoms with Crippen LogP contribution in [-0.2, 0) is 14.7 Å². The molecule has 1 unspecified atom stereocenters. The van der Waals surface area contributed by atoms with Gasteiger partial charge >= 0.3 is 11.1 Å². The number of ether oxygens (including phenoxy) is 1. The van der Waals surface area contributed by atoms with Crippen LogP contribution in [0.3, 0.4) is 0 Å². The minimum Gasteiger partial charge on any atom is -0.465 e. The van der Waals surface area contributed by atoms with Gasteiger partial charge in [-0.25, -0.2) is 9.18 Å². The zero-order chi connectivity index (χ0) is 10.8. The summed E-state index contributed by atoms with van der Waals surface area (Å²) in [5.74, 6) is -1.12. The van der Waals surface area contributed by atoms with Crippen LogP contribution in [-0.4, -0.2) is 13.1 Å². The molecular weight excluding hydrogens is 274 g/mol. The van der Waals surface area contributed by atoms with Crippen molar-refractivity contribution >= 4 is 33.5 Å². The molecule has 0 saturated carbocycles. The number of methoxy groups -OCH3 is 1. The number of alkyl halides is 2. The van der Waals surface area contributed by atoms with Crippen LogP contribution in [0.25, 0.3) is 0 Å². The number of carbonyl (C=O) groups is 1. The molecule has 0 spiro atoms. The second-order valence-electron chi connectivity index (χ2n) is 2.57. The van der Waals surface area contributed by atoms with Crippen LogP contribution in [0.1, 0.15) is 5.56 Å². The van der Waals surface area contributed by atoms with E-state index in [1.165, 1.54) is 12.1 Å². The van der Waals surface area contributed by atoms with Crippen molar-refractivity contribution in [2.45, 2.75) is 5.13 Å². The highest BCUT2D eigenvalue weighted by molar-refractivity contribution is 9.10. The van der Waals surface area contributed by atoms with Crippen molar-refractivity contribution in [2.75, 3.05) is 7.11 Å². The van der Waals surface area contributed by atoms with E-state index < -0.39 is 11.1 Å². The summed E-state index contributed by atoms with van der Waals surface area (Å²) in [6.07, 6.45) is 0. The number of benzene rings is 1. The minimum atomic E-state index is -2.62. The standard InChI is InChI=1S/C9H7BrClFO2/c1-14-8(13)9(11,12)6-2-4-7(10)5-3-6/h2-5H,1H3. The Labute approximate surface area is 94.1 Å². The molecule has 0 aromatic heterocycles. The maximum absolute atomic E-state index is 13.6. The molecule has 1 rings (SSSR count). The molecule has 1 aromatic carbocycles. The summed E-state index contributed by atoms with van der Waals surface area (Å²) in [4.78, 5) is 11.0. The first kappa shape index (κ1) is 11.5. The lowest BCUT2D eigenvalue weighted by atomic mass is 10.1. The first-order valence-electron chi connectivity index (χ1n) is 3.70. The molecule has 14 heavy (non-hydrogen) atoms. The highest BCUT2D eigenvalue weighted by Gasteiger charge is 2.39. The van der Waals surface area contributed by atoms with Gasteiger partial charge in [0, 0.05) is 10.0 Å². The Balaban J connectivity index is 3.03. The molecule has 0 bridgehead atoms. The number of halogens is 3. The molecular formula is C9H7BrClFO2. The number of esters is 1. The molecule has 0 aliphatic carbocycles. The quantitative estimate of drug-likeness (QED) is 0.615. The third kappa shape index (κ3) is 2.25. The van der Waals surface area contributed by atoms with Crippen molar-refractivity contribution in [3.8, 4) is 0 Å². The van der Waals surface area contributed by atoms with Crippen molar-refractivity contribution in [3.05, 3.63) is 34.3 Å². The van der Waals surface area contributed by atoms with Crippen molar-refractivity contribution in [1.82, 2.24) is 0 Å². The SMILES string of the molecule is COC(=O)C(F)(Cl)c1ccc(Br)cc1. The number of rotatable bonds is 2. The predicted octanol–water partition coefficient (Wildman–Crippen LogP) is 2.98. The van der Waals surface area contributed by atoms with E-state index in [2.05, 4.69) is 20.7 Å². The molecule has 0 heterocycles. The molecule has 0 aliphatic heterocycles.